The lowest BCUT2D eigenvalue weighted by Crippen LogP contribution is -2.30. The number of unbranched alkanes of at least 4 members (excludes halogenated alkanes) is 5. The van der Waals surface area contributed by atoms with E-state index in [4.69, 9.17) is 16.3 Å². The van der Waals surface area contributed by atoms with Crippen LogP contribution in [0.5, 0.6) is 5.75 Å². The van der Waals surface area contributed by atoms with E-state index in [1.165, 1.54) is 42.0 Å². The van der Waals surface area contributed by atoms with Crippen LogP contribution in [0.15, 0.2) is 39.0 Å². The molecule has 0 radical (unpaired) electrons. The summed E-state index contributed by atoms with van der Waals surface area (Å²) in [4.78, 5) is 31.5. The van der Waals surface area contributed by atoms with Crippen LogP contribution in [0.3, 0.4) is 0 Å². The third-order valence-corrected chi connectivity index (χ3v) is 6.67. The molecule has 33 heavy (non-hydrogen) atoms. The molecule has 0 aliphatic heterocycles. The van der Waals surface area contributed by atoms with Crippen LogP contribution in [0.25, 0.3) is 11.2 Å². The number of aryl methyl sites for hydroxylation is 1. The fraction of sp³-hybridized carbons (Fsp3) is 0.522. The van der Waals surface area contributed by atoms with E-state index in [1.807, 2.05) is 0 Å². The summed E-state index contributed by atoms with van der Waals surface area (Å²) in [5.41, 5.74) is -0.456. The van der Waals surface area contributed by atoms with Crippen molar-refractivity contribution in [2.75, 3.05) is 12.4 Å². The van der Waals surface area contributed by atoms with Crippen LogP contribution in [0, 0.1) is 0 Å². The van der Waals surface area contributed by atoms with E-state index in [9.17, 15) is 14.7 Å². The number of aliphatic hydroxyl groups excluding tert-OH is 1. The third-order valence-electron chi connectivity index (χ3n) is 5.35. The van der Waals surface area contributed by atoms with Crippen LogP contribution < -0.4 is 16.0 Å². The highest BCUT2D eigenvalue weighted by Gasteiger charge is 2.20. The van der Waals surface area contributed by atoms with Gasteiger partial charge in [-0.2, -0.15) is 0 Å². The molecule has 0 fully saturated rings. The van der Waals surface area contributed by atoms with Crippen molar-refractivity contribution in [3.63, 3.8) is 0 Å². The summed E-state index contributed by atoms with van der Waals surface area (Å²) in [6.07, 6.45) is 6.23. The molecule has 3 aromatic rings. The van der Waals surface area contributed by atoms with Crippen LogP contribution in [-0.2, 0) is 13.6 Å². The number of fused-ring (bicyclic) bond motifs is 1. The molecule has 0 aliphatic rings. The Hall–Kier alpha value is -2.23. The highest BCUT2D eigenvalue weighted by Crippen LogP contribution is 2.24. The number of halogens is 1. The molecular formula is C23H31ClN4O4S. The Morgan fingerprint density at radius 3 is 2.58 bits per heavy atom. The first kappa shape index (κ1) is 25.4. The van der Waals surface area contributed by atoms with Gasteiger partial charge in [0.15, 0.2) is 16.3 Å². The maximum atomic E-state index is 12.6. The summed E-state index contributed by atoms with van der Waals surface area (Å²) in [6, 6.07) is 6.88. The molecule has 1 aromatic carbocycles. The van der Waals surface area contributed by atoms with Crippen LogP contribution in [0.4, 0.5) is 0 Å². The number of rotatable bonds is 13. The molecule has 10 heteroatoms. The predicted octanol–water partition coefficient (Wildman–Crippen LogP) is 3.97. The van der Waals surface area contributed by atoms with Gasteiger partial charge in [-0.05, 0) is 30.7 Å². The quantitative estimate of drug-likeness (QED) is 0.275. The molecule has 0 unspecified atom stereocenters. The molecular weight excluding hydrogens is 464 g/mol. The van der Waals surface area contributed by atoms with Gasteiger partial charge in [0.2, 0.25) is 0 Å². The maximum absolute atomic E-state index is 12.6. The van der Waals surface area contributed by atoms with Gasteiger partial charge in [0.05, 0.1) is 6.54 Å². The molecule has 2 aromatic heterocycles. The van der Waals surface area contributed by atoms with Gasteiger partial charge >= 0.3 is 5.69 Å². The van der Waals surface area contributed by atoms with Crippen molar-refractivity contribution in [3.8, 4) is 5.75 Å². The van der Waals surface area contributed by atoms with Gasteiger partial charge in [0, 0.05) is 17.8 Å². The molecule has 0 saturated heterocycles. The minimum atomic E-state index is -0.886. The molecule has 8 nitrogen and oxygen atoms in total. The van der Waals surface area contributed by atoms with Crippen LogP contribution in [0.2, 0.25) is 5.02 Å². The first-order chi connectivity index (χ1) is 15.9. The molecule has 2 N–H and O–H groups in total. The van der Waals surface area contributed by atoms with E-state index < -0.39 is 17.4 Å². The normalized spacial score (nSPS) is 12.4. The number of thioether (sulfide) groups is 1. The van der Waals surface area contributed by atoms with E-state index in [0.717, 1.165) is 18.6 Å². The summed E-state index contributed by atoms with van der Waals surface area (Å²) in [6.45, 7) is 2.35. The fourth-order valence-electron chi connectivity index (χ4n) is 3.53. The van der Waals surface area contributed by atoms with Crippen molar-refractivity contribution >= 4 is 34.5 Å². The number of nitrogens with one attached hydrogen (secondary N) is 1. The smallest absolute Gasteiger partial charge is 0.329 e. The molecule has 0 amide bonds. The number of H-pyrrole nitrogens is 1. The third kappa shape index (κ3) is 6.88. The molecule has 0 saturated carbocycles. The number of imidazole rings is 1. The van der Waals surface area contributed by atoms with Gasteiger partial charge in [0.1, 0.15) is 18.5 Å². The molecule has 3 rings (SSSR count). The minimum Gasteiger partial charge on any atom is -0.491 e. The molecule has 180 valence electrons. The molecule has 1 atom stereocenters. The minimum absolute atomic E-state index is 0.0342. The lowest BCUT2D eigenvalue weighted by molar-refractivity contribution is 0.0914. The predicted molar refractivity (Wildman–Crippen MR) is 133 cm³/mol. The lowest BCUT2D eigenvalue weighted by atomic mass is 10.1. The van der Waals surface area contributed by atoms with Crippen molar-refractivity contribution < 1.29 is 9.84 Å². The molecule has 0 spiro atoms. The van der Waals surface area contributed by atoms with Crippen molar-refractivity contribution in [3.05, 3.63) is 50.1 Å². The van der Waals surface area contributed by atoms with E-state index in [0.29, 0.717) is 21.6 Å². The number of nitrogens with zero attached hydrogens (tertiary/aromatic N) is 3. The summed E-state index contributed by atoms with van der Waals surface area (Å²) in [5, 5.41) is 11.8. The summed E-state index contributed by atoms with van der Waals surface area (Å²) >= 11 is 7.43. The van der Waals surface area contributed by atoms with E-state index in [-0.39, 0.29) is 18.7 Å². The number of hydrogen-bond donors (Lipinski definition) is 2. The van der Waals surface area contributed by atoms with Crippen LogP contribution in [0.1, 0.15) is 45.4 Å². The van der Waals surface area contributed by atoms with Crippen molar-refractivity contribution in [2.45, 2.75) is 63.3 Å². The number of hydrogen-bond acceptors (Lipinski definition) is 6. The topological polar surface area (TPSA) is 102 Å². The van der Waals surface area contributed by atoms with Gasteiger partial charge in [-0.15, -0.1) is 0 Å². The van der Waals surface area contributed by atoms with E-state index in [1.54, 1.807) is 35.9 Å². The highest BCUT2D eigenvalue weighted by molar-refractivity contribution is 7.99. The van der Waals surface area contributed by atoms with Crippen LogP contribution in [-0.4, -0.2) is 42.7 Å². The molecule has 2 heterocycles. The van der Waals surface area contributed by atoms with Gasteiger partial charge in [-0.3, -0.25) is 14.3 Å². The zero-order chi connectivity index (χ0) is 23.8. The molecule has 0 bridgehead atoms. The number of aromatic amines is 1. The monoisotopic (exact) mass is 494 g/mol. The first-order valence-electron chi connectivity index (χ1n) is 11.3. The number of aromatic nitrogens is 4. The molecule has 0 aliphatic carbocycles. The Kier molecular flexibility index (Phi) is 9.46. The highest BCUT2D eigenvalue weighted by atomic mass is 35.5. The summed E-state index contributed by atoms with van der Waals surface area (Å²) in [7, 11) is 1.57. The van der Waals surface area contributed by atoms with Gasteiger partial charge in [-0.25, -0.2) is 9.78 Å². The van der Waals surface area contributed by atoms with Gasteiger partial charge < -0.3 is 14.4 Å². The summed E-state index contributed by atoms with van der Waals surface area (Å²) in [5.74, 6) is 1.44. The summed E-state index contributed by atoms with van der Waals surface area (Å²) < 4.78 is 8.66. The fourth-order valence-corrected chi connectivity index (χ4v) is 4.66. The van der Waals surface area contributed by atoms with Crippen molar-refractivity contribution in [2.24, 2.45) is 7.05 Å². The average Bonchev–Trinajstić information content (AvgIpc) is 3.15. The zero-order valence-corrected chi connectivity index (χ0v) is 20.6. The number of ether oxygens (including phenoxy) is 1. The second kappa shape index (κ2) is 12.3. The lowest BCUT2D eigenvalue weighted by Gasteiger charge is -2.15. The second-order valence-corrected chi connectivity index (χ2v) is 9.53. The first-order valence-corrected chi connectivity index (χ1v) is 12.7. The second-order valence-electron chi connectivity index (χ2n) is 8.03. The number of benzene rings is 1. The van der Waals surface area contributed by atoms with Crippen molar-refractivity contribution in [1.29, 1.82) is 0 Å². The van der Waals surface area contributed by atoms with E-state index in [2.05, 4.69) is 16.9 Å². The Labute approximate surface area is 201 Å². The van der Waals surface area contributed by atoms with E-state index >= 15 is 0 Å². The van der Waals surface area contributed by atoms with Crippen molar-refractivity contribution in [1.82, 2.24) is 19.1 Å². The Bertz CT molecular complexity index is 1160. The largest absolute Gasteiger partial charge is 0.491 e. The average molecular weight is 495 g/mol. The van der Waals surface area contributed by atoms with Gasteiger partial charge in [-0.1, -0.05) is 62.4 Å². The number of aliphatic hydroxyl groups is 1. The Balaban J connectivity index is 1.73. The SMILES string of the molecule is CCCCCCCCSc1nc2c(c(=O)[nH]c(=O)n2C)n1C[C@H](O)COc1ccc(Cl)cc1. The zero-order valence-electron chi connectivity index (χ0n) is 19.1. The van der Waals surface area contributed by atoms with Crippen LogP contribution >= 0.6 is 23.4 Å². The van der Waals surface area contributed by atoms with Gasteiger partial charge in [0.25, 0.3) is 5.56 Å². The standard InChI is InChI=1S/C23H31ClN4O4S/c1-3-4-5-6-7-8-13-33-23-25-20-19(21(30)26-22(31)27(20)2)28(23)14-17(29)15-32-18-11-9-16(24)10-12-18/h9-12,17,29H,3-8,13-15H2,1-2H3,(H,26,30,31)/t17-/m0/s1. The Morgan fingerprint density at radius 2 is 1.85 bits per heavy atom. The Morgan fingerprint density at radius 1 is 1.15 bits per heavy atom. The maximum Gasteiger partial charge on any atom is 0.329 e.